The van der Waals surface area contributed by atoms with Crippen LogP contribution in [-0.4, -0.2) is 107 Å². The molecule has 292 valence electrons. The van der Waals surface area contributed by atoms with Crippen molar-refractivity contribution in [3.8, 4) is 11.8 Å². The Balaban J connectivity index is 1.08. The van der Waals surface area contributed by atoms with Gasteiger partial charge in [-0.3, -0.25) is 9.59 Å². The number of amides is 4. The van der Waals surface area contributed by atoms with Gasteiger partial charge in [0.1, 0.15) is 23.7 Å². The average molecular weight is 763 g/mol. The molecule has 2 unspecified atom stereocenters. The second-order valence-corrected chi connectivity index (χ2v) is 14.5. The van der Waals surface area contributed by atoms with Crippen LogP contribution in [0.15, 0.2) is 48.5 Å². The lowest BCUT2D eigenvalue weighted by Crippen LogP contribution is -2.51. The number of imidazole rings is 2. The first-order valence-electron chi connectivity index (χ1n) is 18.8. The largest absolute Gasteiger partial charge is 0.453 e. The standard InChI is InChI=1S/C41H46N8O7/c1-23(2)34(47-41(53)56-5)39(51)49-19-7-8-32(49)36-42-28-16-13-25(21-30(28)44-36)11-10-24-12-15-27-26(20-24)14-17-29-35(27)46-37(43-29)33-9-6-18-48(33)38(50)31(22-54-3)45-40(52)55-4/h12-17,20-21,23,31-34H,6-9,18-19,22H2,1-5H3,(H,42,44)(H,43,46)(H,45,52)(H,47,53)/t31-,32?,33?,34-/m0/s1. The Kier molecular flexibility index (Phi) is 11.1. The number of nitrogens with zero attached hydrogens (tertiary/aromatic N) is 4. The number of alkyl carbamates (subject to hydrolysis) is 2. The third-order valence-corrected chi connectivity index (χ3v) is 10.5. The molecule has 2 saturated heterocycles. The Morgan fingerprint density at radius 2 is 1.41 bits per heavy atom. The van der Waals surface area contributed by atoms with Crippen LogP contribution in [0.3, 0.4) is 0 Å². The summed E-state index contributed by atoms with van der Waals surface area (Å²) in [5.41, 5.74) is 4.93. The minimum absolute atomic E-state index is 0.0212. The molecular formula is C41H46N8O7. The predicted molar refractivity (Wildman–Crippen MR) is 208 cm³/mol. The van der Waals surface area contributed by atoms with Crippen LogP contribution in [0, 0.1) is 17.8 Å². The van der Waals surface area contributed by atoms with Gasteiger partial charge in [0, 0.05) is 36.7 Å². The number of rotatable bonds is 9. The highest BCUT2D eigenvalue weighted by atomic mass is 16.5. The van der Waals surface area contributed by atoms with E-state index >= 15 is 0 Å². The summed E-state index contributed by atoms with van der Waals surface area (Å²) in [5, 5.41) is 7.21. The van der Waals surface area contributed by atoms with Gasteiger partial charge in [-0.25, -0.2) is 19.6 Å². The van der Waals surface area contributed by atoms with Gasteiger partial charge in [-0.15, -0.1) is 0 Å². The van der Waals surface area contributed by atoms with Crippen molar-refractivity contribution in [1.82, 2.24) is 40.4 Å². The highest BCUT2D eigenvalue weighted by molar-refractivity contribution is 6.04. The maximum Gasteiger partial charge on any atom is 0.407 e. The van der Waals surface area contributed by atoms with Crippen molar-refractivity contribution in [3.63, 3.8) is 0 Å². The molecular weight excluding hydrogens is 716 g/mol. The lowest BCUT2D eigenvalue weighted by molar-refractivity contribution is -0.136. The molecule has 5 aromatic rings. The molecule has 4 N–H and O–H groups in total. The quantitative estimate of drug-likeness (QED) is 0.149. The van der Waals surface area contributed by atoms with Crippen molar-refractivity contribution in [2.24, 2.45) is 5.92 Å². The number of aromatic nitrogens is 4. The first-order chi connectivity index (χ1) is 27.1. The lowest BCUT2D eigenvalue weighted by Gasteiger charge is -2.29. The van der Waals surface area contributed by atoms with Crippen LogP contribution in [0.25, 0.3) is 32.8 Å². The number of carbonyl (C=O) groups is 4. The molecule has 7 rings (SSSR count). The molecule has 15 heteroatoms. The van der Waals surface area contributed by atoms with E-state index in [9.17, 15) is 19.2 Å². The van der Waals surface area contributed by atoms with Crippen LogP contribution < -0.4 is 10.6 Å². The van der Waals surface area contributed by atoms with Gasteiger partial charge in [-0.2, -0.15) is 0 Å². The minimum Gasteiger partial charge on any atom is -0.453 e. The number of fused-ring (bicyclic) bond motifs is 4. The van der Waals surface area contributed by atoms with Gasteiger partial charge >= 0.3 is 12.2 Å². The predicted octanol–water partition coefficient (Wildman–Crippen LogP) is 5.07. The van der Waals surface area contributed by atoms with Crippen molar-refractivity contribution < 1.29 is 33.4 Å². The average Bonchev–Trinajstić information content (AvgIpc) is 4.03. The molecule has 15 nitrogen and oxygen atoms in total. The molecule has 4 atom stereocenters. The fourth-order valence-corrected chi connectivity index (χ4v) is 7.72. The molecule has 4 heterocycles. The van der Waals surface area contributed by atoms with E-state index in [1.807, 2.05) is 62.4 Å². The number of H-pyrrole nitrogens is 2. The van der Waals surface area contributed by atoms with Crippen molar-refractivity contribution in [1.29, 1.82) is 0 Å². The second-order valence-electron chi connectivity index (χ2n) is 14.5. The molecule has 2 aliphatic rings. The minimum atomic E-state index is -0.876. The summed E-state index contributed by atoms with van der Waals surface area (Å²) in [4.78, 5) is 71.2. The first kappa shape index (κ1) is 38.1. The van der Waals surface area contributed by atoms with E-state index in [4.69, 9.17) is 24.2 Å². The summed E-state index contributed by atoms with van der Waals surface area (Å²) >= 11 is 0. The van der Waals surface area contributed by atoms with Gasteiger partial charge < -0.3 is 44.6 Å². The van der Waals surface area contributed by atoms with Gasteiger partial charge in [-0.05, 0) is 73.4 Å². The zero-order chi connectivity index (χ0) is 39.5. The van der Waals surface area contributed by atoms with Crippen molar-refractivity contribution in [3.05, 3.63) is 71.3 Å². The van der Waals surface area contributed by atoms with Crippen LogP contribution in [0.4, 0.5) is 9.59 Å². The van der Waals surface area contributed by atoms with Gasteiger partial charge in [0.05, 0.1) is 55.0 Å². The molecule has 3 aromatic carbocycles. The van der Waals surface area contributed by atoms with E-state index in [1.54, 1.807) is 9.80 Å². The molecule has 4 amide bonds. The lowest BCUT2D eigenvalue weighted by atomic mass is 10.0. The number of ether oxygens (including phenoxy) is 3. The van der Waals surface area contributed by atoms with E-state index in [0.29, 0.717) is 24.7 Å². The molecule has 0 spiro atoms. The molecule has 56 heavy (non-hydrogen) atoms. The SMILES string of the molecule is COC[C@H](NC(=O)OC)C(=O)N1CCCC1c1nc2c(ccc3cc(C#Cc4ccc5nc(C6CCCN6C(=O)[C@@H](NC(=O)OC)C(C)C)[nH]c5c4)ccc32)[nH]1. The summed E-state index contributed by atoms with van der Waals surface area (Å²) in [6.07, 6.45) is 1.81. The number of nitrogens with one attached hydrogen (secondary N) is 4. The smallest absolute Gasteiger partial charge is 0.407 e. The first-order valence-corrected chi connectivity index (χ1v) is 18.8. The van der Waals surface area contributed by atoms with Gasteiger partial charge in [0.2, 0.25) is 11.8 Å². The normalized spacial score (nSPS) is 17.9. The van der Waals surface area contributed by atoms with Gasteiger partial charge in [0.15, 0.2) is 0 Å². The summed E-state index contributed by atoms with van der Waals surface area (Å²) in [7, 11) is 4.02. The summed E-state index contributed by atoms with van der Waals surface area (Å²) in [6.45, 7) is 4.93. The van der Waals surface area contributed by atoms with Crippen molar-refractivity contribution >= 4 is 56.8 Å². The number of aromatic amines is 2. The van der Waals surface area contributed by atoms with Gasteiger partial charge in [-0.1, -0.05) is 37.8 Å². The summed E-state index contributed by atoms with van der Waals surface area (Å²) in [6, 6.07) is 13.8. The summed E-state index contributed by atoms with van der Waals surface area (Å²) in [5.74, 6) is 7.46. The maximum absolute atomic E-state index is 13.6. The van der Waals surface area contributed by atoms with Crippen LogP contribution in [-0.2, 0) is 23.8 Å². The van der Waals surface area contributed by atoms with E-state index in [-0.39, 0.29) is 36.4 Å². The number of hydrogen-bond acceptors (Lipinski definition) is 9. The van der Waals surface area contributed by atoms with Crippen LogP contribution >= 0.6 is 0 Å². The monoisotopic (exact) mass is 762 g/mol. The molecule has 0 bridgehead atoms. The fourth-order valence-electron chi connectivity index (χ4n) is 7.72. The third-order valence-electron chi connectivity index (χ3n) is 10.5. The molecule has 2 aromatic heterocycles. The number of likely N-dealkylation sites (tertiary alicyclic amines) is 2. The zero-order valence-electron chi connectivity index (χ0n) is 32.1. The van der Waals surface area contributed by atoms with Crippen molar-refractivity contribution in [2.45, 2.75) is 63.7 Å². The van der Waals surface area contributed by atoms with E-state index in [2.05, 4.69) is 32.4 Å². The van der Waals surface area contributed by atoms with Crippen molar-refractivity contribution in [2.75, 3.05) is 41.0 Å². The zero-order valence-corrected chi connectivity index (χ0v) is 32.1. The molecule has 0 saturated carbocycles. The fraction of sp³-hybridized carbons (Fsp3) is 0.415. The third kappa shape index (κ3) is 7.70. The van der Waals surface area contributed by atoms with E-state index in [1.165, 1.54) is 21.3 Å². The Hall–Kier alpha value is -6.14. The molecule has 2 aliphatic heterocycles. The second kappa shape index (κ2) is 16.3. The van der Waals surface area contributed by atoms with Crippen LogP contribution in [0.2, 0.25) is 0 Å². The Morgan fingerprint density at radius 1 is 0.786 bits per heavy atom. The molecule has 2 fully saturated rings. The highest BCUT2D eigenvalue weighted by Gasteiger charge is 2.38. The van der Waals surface area contributed by atoms with Crippen LogP contribution in [0.5, 0.6) is 0 Å². The summed E-state index contributed by atoms with van der Waals surface area (Å²) < 4.78 is 14.7. The highest BCUT2D eigenvalue weighted by Crippen LogP contribution is 2.35. The Morgan fingerprint density at radius 3 is 2.09 bits per heavy atom. The van der Waals surface area contributed by atoms with Crippen LogP contribution in [0.1, 0.15) is 74.4 Å². The number of benzene rings is 3. The Bertz CT molecular complexity index is 2360. The topological polar surface area (TPSA) is 184 Å². The van der Waals surface area contributed by atoms with Gasteiger partial charge in [0.25, 0.3) is 0 Å². The maximum atomic E-state index is 13.6. The Labute approximate surface area is 323 Å². The number of hydrogen-bond donors (Lipinski definition) is 4. The van der Waals surface area contributed by atoms with E-state index < -0.39 is 24.3 Å². The molecule has 0 radical (unpaired) electrons. The number of methoxy groups -OCH3 is 3. The van der Waals surface area contributed by atoms with E-state index in [0.717, 1.165) is 69.6 Å². The number of carbonyl (C=O) groups excluding carboxylic acids is 4. The molecule has 0 aliphatic carbocycles.